The van der Waals surface area contributed by atoms with E-state index in [9.17, 15) is 0 Å². The summed E-state index contributed by atoms with van der Waals surface area (Å²) in [6.45, 7) is 0. The molecule has 51 heavy (non-hydrogen) atoms. The van der Waals surface area contributed by atoms with Crippen LogP contribution >= 0.6 is 0 Å². The van der Waals surface area contributed by atoms with Gasteiger partial charge in [0.2, 0.25) is 0 Å². The van der Waals surface area contributed by atoms with Gasteiger partial charge in [0.05, 0.1) is 27.9 Å². The molecule has 0 radical (unpaired) electrons. The number of para-hydroxylation sites is 3. The molecular weight excluding hydrogens is 621 g/mol. The molecule has 0 amide bonds. The Morgan fingerprint density at radius 2 is 1.06 bits per heavy atom. The smallest absolute Gasteiger partial charge is 0.0972 e. The molecule has 0 aliphatic heterocycles. The highest BCUT2D eigenvalue weighted by Crippen LogP contribution is 2.44. The average Bonchev–Trinajstić information content (AvgIpc) is 3.21. The first-order valence-electron chi connectivity index (χ1n) is 17.2. The summed E-state index contributed by atoms with van der Waals surface area (Å²) < 4.78 is 0. The SMILES string of the molecule is c1ccc(N(c2ccccc2)c2cccc(-c3nc4ccccc4c4c3c(-c3ccc5ccc6cccnc6c5n3)cc3ccccc34)c2)cc1. The third-order valence-corrected chi connectivity index (χ3v) is 9.81. The molecule has 0 spiro atoms. The molecule has 4 nitrogen and oxygen atoms in total. The molecule has 0 unspecified atom stereocenters. The number of anilines is 3. The third-order valence-electron chi connectivity index (χ3n) is 9.81. The molecule has 0 aliphatic rings. The molecule has 3 aromatic heterocycles. The molecule has 0 saturated heterocycles. The van der Waals surface area contributed by atoms with Gasteiger partial charge in [0, 0.05) is 61.3 Å². The zero-order valence-electron chi connectivity index (χ0n) is 27.6. The first-order chi connectivity index (χ1) is 25.3. The van der Waals surface area contributed by atoms with Crippen molar-refractivity contribution in [1.82, 2.24) is 15.0 Å². The van der Waals surface area contributed by atoms with Gasteiger partial charge < -0.3 is 4.90 Å². The first kappa shape index (κ1) is 29.0. The number of hydrogen-bond acceptors (Lipinski definition) is 4. The zero-order chi connectivity index (χ0) is 33.7. The number of nitrogens with zero attached hydrogens (tertiary/aromatic N) is 4. The molecule has 0 N–H and O–H groups in total. The lowest BCUT2D eigenvalue weighted by molar-refractivity contribution is 1.28. The first-order valence-corrected chi connectivity index (χ1v) is 17.2. The third kappa shape index (κ3) is 4.88. The van der Waals surface area contributed by atoms with E-state index in [0.29, 0.717) is 0 Å². The van der Waals surface area contributed by atoms with Gasteiger partial charge in [-0.15, -0.1) is 0 Å². The van der Waals surface area contributed by atoms with Gasteiger partial charge >= 0.3 is 0 Å². The monoisotopic (exact) mass is 650 g/mol. The van der Waals surface area contributed by atoms with Crippen LogP contribution in [-0.4, -0.2) is 15.0 Å². The molecule has 4 heteroatoms. The van der Waals surface area contributed by atoms with Crippen molar-refractivity contribution < 1.29 is 0 Å². The van der Waals surface area contributed by atoms with Crippen LogP contribution in [0.3, 0.4) is 0 Å². The van der Waals surface area contributed by atoms with Crippen LogP contribution in [0.15, 0.2) is 182 Å². The Balaban J connectivity index is 1.30. The molecule has 10 aromatic rings. The van der Waals surface area contributed by atoms with Crippen molar-refractivity contribution in [2.45, 2.75) is 0 Å². The molecule has 0 bridgehead atoms. The van der Waals surface area contributed by atoms with E-state index in [1.165, 1.54) is 10.8 Å². The number of rotatable bonds is 5. The lowest BCUT2D eigenvalue weighted by atomic mass is 9.90. The minimum atomic E-state index is 0.890. The minimum absolute atomic E-state index is 0.890. The summed E-state index contributed by atoms with van der Waals surface area (Å²) in [5.41, 5.74) is 9.87. The van der Waals surface area contributed by atoms with Crippen molar-refractivity contribution in [3.63, 3.8) is 0 Å². The average molecular weight is 651 g/mol. The van der Waals surface area contributed by atoms with Crippen molar-refractivity contribution >= 4 is 71.3 Å². The predicted molar refractivity (Wildman–Crippen MR) is 213 cm³/mol. The van der Waals surface area contributed by atoms with Crippen LogP contribution in [0.2, 0.25) is 0 Å². The quantitative estimate of drug-likeness (QED) is 0.174. The maximum absolute atomic E-state index is 5.47. The van der Waals surface area contributed by atoms with E-state index in [4.69, 9.17) is 15.0 Å². The fourth-order valence-corrected chi connectivity index (χ4v) is 7.51. The van der Waals surface area contributed by atoms with Crippen LogP contribution in [0.5, 0.6) is 0 Å². The highest BCUT2D eigenvalue weighted by molar-refractivity contribution is 6.26. The van der Waals surface area contributed by atoms with E-state index in [-0.39, 0.29) is 0 Å². The Bertz CT molecular complexity index is 2870. The summed E-state index contributed by atoms with van der Waals surface area (Å²) >= 11 is 0. The number of aromatic nitrogens is 3. The molecular formula is C47H30N4. The summed E-state index contributed by atoms with van der Waals surface area (Å²) in [7, 11) is 0. The van der Waals surface area contributed by atoms with Gasteiger partial charge in [-0.3, -0.25) is 4.98 Å². The molecule has 10 rings (SSSR count). The molecule has 0 saturated carbocycles. The molecule has 0 atom stereocenters. The van der Waals surface area contributed by atoms with E-state index in [2.05, 4.69) is 175 Å². The highest BCUT2D eigenvalue weighted by Gasteiger charge is 2.21. The van der Waals surface area contributed by atoms with Gasteiger partial charge in [0.15, 0.2) is 0 Å². The van der Waals surface area contributed by atoms with Gasteiger partial charge in [-0.25, -0.2) is 9.97 Å². The second kappa shape index (κ2) is 11.9. The Morgan fingerprint density at radius 3 is 1.86 bits per heavy atom. The fourth-order valence-electron chi connectivity index (χ4n) is 7.51. The number of hydrogen-bond donors (Lipinski definition) is 0. The summed E-state index contributed by atoms with van der Waals surface area (Å²) in [5, 5.41) is 7.86. The second-order valence-electron chi connectivity index (χ2n) is 12.8. The van der Waals surface area contributed by atoms with Crippen LogP contribution in [0.4, 0.5) is 17.1 Å². The van der Waals surface area contributed by atoms with Gasteiger partial charge in [0.1, 0.15) is 0 Å². The zero-order valence-corrected chi connectivity index (χ0v) is 27.6. The topological polar surface area (TPSA) is 41.9 Å². The van der Waals surface area contributed by atoms with Gasteiger partial charge in [-0.1, -0.05) is 115 Å². The van der Waals surface area contributed by atoms with Crippen molar-refractivity contribution in [2.75, 3.05) is 4.90 Å². The Kier molecular flexibility index (Phi) is 6.78. The lowest BCUT2D eigenvalue weighted by Crippen LogP contribution is -2.09. The number of pyridine rings is 3. The van der Waals surface area contributed by atoms with Gasteiger partial charge in [-0.2, -0.15) is 0 Å². The van der Waals surface area contributed by atoms with Gasteiger partial charge in [-0.05, 0) is 71.4 Å². The number of benzene rings is 7. The molecule has 0 aliphatic carbocycles. The molecule has 0 fully saturated rings. The van der Waals surface area contributed by atoms with Crippen LogP contribution < -0.4 is 4.90 Å². The van der Waals surface area contributed by atoms with Crippen molar-refractivity contribution in [2.24, 2.45) is 0 Å². The van der Waals surface area contributed by atoms with Crippen molar-refractivity contribution in [3.05, 3.63) is 182 Å². The Labute approximate surface area is 294 Å². The highest BCUT2D eigenvalue weighted by atomic mass is 15.1. The normalized spacial score (nSPS) is 11.5. The standard InChI is InChI=1S/C47H30N4/c1-3-16-35(17-4-1)51(36-18-5-2-6-19-36)37-20-11-14-34(29-37)45-44-40(42-27-26-32-25-24-31-15-12-28-48-46(31)47(32)50-42)30-33-13-7-8-21-38(33)43(44)39-22-9-10-23-41(39)49-45/h1-30H. The van der Waals surface area contributed by atoms with Crippen LogP contribution in [0, 0.1) is 0 Å². The van der Waals surface area contributed by atoms with E-state index < -0.39 is 0 Å². The molecule has 3 heterocycles. The fraction of sp³-hybridized carbons (Fsp3) is 0. The largest absolute Gasteiger partial charge is 0.310 e. The number of fused-ring (bicyclic) bond motifs is 8. The van der Waals surface area contributed by atoms with E-state index in [0.717, 1.165) is 83.1 Å². The summed E-state index contributed by atoms with van der Waals surface area (Å²) in [6.07, 6.45) is 1.84. The lowest BCUT2D eigenvalue weighted by Gasteiger charge is -2.26. The molecule has 238 valence electrons. The molecule has 7 aromatic carbocycles. The Hall–Kier alpha value is -6.91. The predicted octanol–water partition coefficient (Wildman–Crippen LogP) is 12.4. The van der Waals surface area contributed by atoms with E-state index in [1.807, 2.05) is 12.3 Å². The van der Waals surface area contributed by atoms with Crippen molar-refractivity contribution in [3.8, 4) is 22.5 Å². The second-order valence-corrected chi connectivity index (χ2v) is 12.8. The van der Waals surface area contributed by atoms with Crippen molar-refractivity contribution in [1.29, 1.82) is 0 Å². The summed E-state index contributed by atoms with van der Waals surface area (Å²) in [4.78, 5) is 17.9. The van der Waals surface area contributed by atoms with E-state index in [1.54, 1.807) is 0 Å². The summed E-state index contributed by atoms with van der Waals surface area (Å²) in [5.74, 6) is 0. The van der Waals surface area contributed by atoms with Crippen LogP contribution in [0.25, 0.3) is 76.8 Å². The Morgan fingerprint density at radius 1 is 0.412 bits per heavy atom. The summed E-state index contributed by atoms with van der Waals surface area (Å²) in [6, 6.07) is 61.9. The minimum Gasteiger partial charge on any atom is -0.310 e. The van der Waals surface area contributed by atoms with Crippen LogP contribution in [0.1, 0.15) is 0 Å². The van der Waals surface area contributed by atoms with E-state index >= 15 is 0 Å². The maximum atomic E-state index is 5.47. The van der Waals surface area contributed by atoms with Crippen LogP contribution in [-0.2, 0) is 0 Å². The maximum Gasteiger partial charge on any atom is 0.0972 e. The van der Waals surface area contributed by atoms with Gasteiger partial charge in [0.25, 0.3) is 0 Å².